The molecule has 1 aromatic carbocycles. The number of H-pyrrole nitrogens is 1. The Kier molecular flexibility index (Phi) is 2.74. The lowest BCUT2D eigenvalue weighted by Gasteiger charge is -1.97. The van der Waals surface area contributed by atoms with Crippen LogP contribution in [-0.2, 0) is 6.42 Å². The van der Waals surface area contributed by atoms with Crippen LogP contribution in [0, 0.1) is 0 Å². The Hall–Kier alpha value is -0.280. The summed E-state index contributed by atoms with van der Waals surface area (Å²) in [4.78, 5) is 3.26. The Morgan fingerprint density at radius 1 is 1.31 bits per heavy atom. The van der Waals surface area contributed by atoms with E-state index in [1.807, 2.05) is 6.07 Å². The van der Waals surface area contributed by atoms with E-state index in [1.165, 1.54) is 20.9 Å². The molecule has 0 amide bonds. The number of aromatic nitrogens is 1. The van der Waals surface area contributed by atoms with E-state index < -0.39 is 0 Å². The molecule has 0 spiro atoms. The zero-order valence-corrected chi connectivity index (χ0v) is 10.2. The molecule has 13 heavy (non-hydrogen) atoms. The zero-order valence-electron chi connectivity index (χ0n) is 6.98. The van der Waals surface area contributed by atoms with Gasteiger partial charge < -0.3 is 4.98 Å². The average Bonchev–Trinajstić information content (AvgIpc) is 2.51. The number of hydrogen-bond donors (Lipinski definition) is 1. The van der Waals surface area contributed by atoms with Crippen molar-refractivity contribution in [2.24, 2.45) is 0 Å². The molecular weight excluding hydrogens is 294 g/mol. The predicted octanol–water partition coefficient (Wildman–Crippen LogP) is 3.87. The Morgan fingerprint density at radius 2 is 2.15 bits per heavy atom. The van der Waals surface area contributed by atoms with E-state index >= 15 is 0 Å². The quantitative estimate of drug-likeness (QED) is 0.811. The fraction of sp³-hybridized carbons (Fsp3) is 0.200. The number of nitrogens with one attached hydrogen (secondary N) is 1. The van der Waals surface area contributed by atoms with Crippen LogP contribution >= 0.6 is 31.9 Å². The van der Waals surface area contributed by atoms with Crippen LogP contribution in [0.3, 0.4) is 0 Å². The molecule has 0 aliphatic heterocycles. The first-order valence-corrected chi connectivity index (χ1v) is 6.05. The van der Waals surface area contributed by atoms with Crippen molar-refractivity contribution in [2.45, 2.75) is 6.42 Å². The number of halogens is 2. The minimum Gasteiger partial charge on any atom is -0.361 e. The van der Waals surface area contributed by atoms with Crippen LogP contribution in [0.25, 0.3) is 10.9 Å². The summed E-state index contributed by atoms with van der Waals surface area (Å²) >= 11 is 7.01. The van der Waals surface area contributed by atoms with Crippen molar-refractivity contribution in [3.05, 3.63) is 34.4 Å². The topological polar surface area (TPSA) is 15.8 Å². The predicted molar refractivity (Wildman–Crippen MR) is 63.5 cm³/mol. The van der Waals surface area contributed by atoms with Gasteiger partial charge in [0.05, 0.1) is 0 Å². The molecule has 0 unspecified atom stereocenters. The maximum absolute atomic E-state index is 3.56. The van der Waals surface area contributed by atoms with Crippen molar-refractivity contribution >= 4 is 42.8 Å². The minimum absolute atomic E-state index is 1.00. The van der Waals surface area contributed by atoms with Crippen molar-refractivity contribution in [2.75, 3.05) is 5.33 Å². The third-order valence-electron chi connectivity index (χ3n) is 2.10. The van der Waals surface area contributed by atoms with Gasteiger partial charge in [0.25, 0.3) is 0 Å². The Labute approximate surface area is 93.8 Å². The lowest BCUT2D eigenvalue weighted by Crippen LogP contribution is -1.82. The molecule has 1 aromatic heterocycles. The van der Waals surface area contributed by atoms with Crippen molar-refractivity contribution in [3.8, 4) is 0 Å². The average molecular weight is 303 g/mol. The van der Waals surface area contributed by atoms with Gasteiger partial charge in [-0.15, -0.1) is 0 Å². The van der Waals surface area contributed by atoms with Crippen molar-refractivity contribution < 1.29 is 0 Å². The van der Waals surface area contributed by atoms with Gasteiger partial charge in [-0.05, 0) is 24.1 Å². The molecule has 1 N–H and O–H groups in total. The number of fused-ring (bicyclic) bond motifs is 1. The van der Waals surface area contributed by atoms with Crippen LogP contribution in [0.2, 0.25) is 0 Å². The van der Waals surface area contributed by atoms with E-state index in [9.17, 15) is 0 Å². The van der Waals surface area contributed by atoms with Gasteiger partial charge in [-0.2, -0.15) is 0 Å². The molecule has 0 fully saturated rings. The highest BCUT2D eigenvalue weighted by molar-refractivity contribution is 9.10. The number of benzene rings is 1. The normalized spacial score (nSPS) is 10.9. The highest BCUT2D eigenvalue weighted by atomic mass is 79.9. The first kappa shape index (κ1) is 9.28. The van der Waals surface area contributed by atoms with Gasteiger partial charge >= 0.3 is 0 Å². The fourth-order valence-electron chi connectivity index (χ4n) is 1.51. The van der Waals surface area contributed by atoms with E-state index in [-0.39, 0.29) is 0 Å². The summed E-state index contributed by atoms with van der Waals surface area (Å²) in [6.07, 6.45) is 3.14. The summed E-state index contributed by atoms with van der Waals surface area (Å²) in [5, 5.41) is 2.31. The number of aromatic amines is 1. The standard InChI is InChI=1S/C10H9Br2N/c11-5-4-7-6-13-9-3-1-2-8(12)10(7)9/h1-3,6,13H,4-5H2. The molecule has 0 radical (unpaired) electrons. The van der Waals surface area contributed by atoms with Crippen LogP contribution < -0.4 is 0 Å². The molecule has 3 heteroatoms. The van der Waals surface area contributed by atoms with Gasteiger partial charge in [0.2, 0.25) is 0 Å². The second kappa shape index (κ2) is 3.84. The zero-order chi connectivity index (χ0) is 9.26. The maximum atomic E-state index is 3.56. The largest absolute Gasteiger partial charge is 0.361 e. The Balaban J connectivity index is 2.64. The Morgan fingerprint density at radius 3 is 2.92 bits per heavy atom. The van der Waals surface area contributed by atoms with E-state index in [2.05, 4.69) is 55.2 Å². The number of hydrogen-bond acceptors (Lipinski definition) is 0. The number of aryl methyl sites for hydroxylation is 1. The molecule has 0 saturated heterocycles. The second-order valence-electron chi connectivity index (χ2n) is 2.92. The summed E-state index contributed by atoms with van der Waals surface area (Å²) in [5.74, 6) is 0. The van der Waals surface area contributed by atoms with E-state index in [4.69, 9.17) is 0 Å². The molecule has 1 heterocycles. The molecule has 0 saturated carbocycles. The monoisotopic (exact) mass is 301 g/mol. The van der Waals surface area contributed by atoms with Crippen molar-refractivity contribution in [1.29, 1.82) is 0 Å². The second-order valence-corrected chi connectivity index (χ2v) is 4.56. The third-order valence-corrected chi connectivity index (χ3v) is 3.16. The molecule has 0 aliphatic carbocycles. The van der Waals surface area contributed by atoms with E-state index in [1.54, 1.807) is 0 Å². The van der Waals surface area contributed by atoms with Crippen molar-refractivity contribution in [3.63, 3.8) is 0 Å². The first-order chi connectivity index (χ1) is 6.33. The third kappa shape index (κ3) is 1.67. The number of rotatable bonds is 2. The molecule has 0 atom stereocenters. The van der Waals surface area contributed by atoms with E-state index in [0.29, 0.717) is 0 Å². The highest BCUT2D eigenvalue weighted by Crippen LogP contribution is 2.27. The maximum Gasteiger partial charge on any atom is 0.0468 e. The van der Waals surface area contributed by atoms with Crippen LogP contribution in [-0.4, -0.2) is 10.3 Å². The summed E-state index contributed by atoms with van der Waals surface area (Å²) in [5.41, 5.74) is 2.56. The molecule has 0 aliphatic rings. The SMILES string of the molecule is BrCCc1c[nH]c2cccc(Br)c12. The van der Waals surface area contributed by atoms with Gasteiger partial charge in [0, 0.05) is 26.9 Å². The molecule has 1 nitrogen and oxygen atoms in total. The van der Waals surface area contributed by atoms with Gasteiger partial charge in [-0.3, -0.25) is 0 Å². The highest BCUT2D eigenvalue weighted by Gasteiger charge is 2.05. The summed E-state index contributed by atoms with van der Waals surface area (Å²) in [7, 11) is 0. The van der Waals surface area contributed by atoms with E-state index in [0.717, 1.165) is 11.8 Å². The summed E-state index contributed by atoms with van der Waals surface area (Å²) in [6, 6.07) is 6.21. The van der Waals surface area contributed by atoms with Crippen LogP contribution in [0.1, 0.15) is 5.56 Å². The Bertz CT molecular complexity index is 420. The van der Waals surface area contributed by atoms with Gasteiger partial charge in [0.1, 0.15) is 0 Å². The van der Waals surface area contributed by atoms with Crippen LogP contribution in [0.15, 0.2) is 28.9 Å². The molecular formula is C10H9Br2N. The summed E-state index contributed by atoms with van der Waals surface area (Å²) < 4.78 is 1.17. The minimum atomic E-state index is 1.00. The molecule has 2 rings (SSSR count). The molecule has 2 aromatic rings. The van der Waals surface area contributed by atoms with Crippen molar-refractivity contribution in [1.82, 2.24) is 4.98 Å². The van der Waals surface area contributed by atoms with Crippen LogP contribution in [0.5, 0.6) is 0 Å². The van der Waals surface area contributed by atoms with Gasteiger partial charge in [0.15, 0.2) is 0 Å². The van der Waals surface area contributed by atoms with Gasteiger partial charge in [-0.25, -0.2) is 0 Å². The summed E-state index contributed by atoms with van der Waals surface area (Å²) in [6.45, 7) is 0. The lowest BCUT2D eigenvalue weighted by molar-refractivity contribution is 1.18. The lowest BCUT2D eigenvalue weighted by atomic mass is 10.1. The van der Waals surface area contributed by atoms with Gasteiger partial charge in [-0.1, -0.05) is 37.9 Å². The van der Waals surface area contributed by atoms with Crippen LogP contribution in [0.4, 0.5) is 0 Å². The molecule has 68 valence electrons. The fourth-order valence-corrected chi connectivity index (χ4v) is 2.55. The number of alkyl halides is 1. The smallest absolute Gasteiger partial charge is 0.0468 e. The molecule has 0 bridgehead atoms. The first-order valence-electron chi connectivity index (χ1n) is 4.13.